The van der Waals surface area contributed by atoms with E-state index in [9.17, 15) is 9.18 Å². The molecule has 1 unspecified atom stereocenters. The van der Waals surface area contributed by atoms with Gasteiger partial charge in [0.15, 0.2) is 22.5 Å². The molecule has 1 aliphatic rings. The molecule has 17 heavy (non-hydrogen) atoms. The van der Waals surface area contributed by atoms with E-state index in [2.05, 4.69) is 4.98 Å². The van der Waals surface area contributed by atoms with Crippen LogP contribution in [0.5, 0.6) is 0 Å². The molecule has 1 atom stereocenters. The maximum atomic E-state index is 13.2. The van der Waals surface area contributed by atoms with Crippen molar-refractivity contribution in [2.75, 3.05) is 6.61 Å². The Morgan fingerprint density at radius 1 is 1.65 bits per heavy atom. The zero-order valence-corrected chi connectivity index (χ0v) is 10.1. The van der Waals surface area contributed by atoms with Crippen molar-refractivity contribution in [1.29, 1.82) is 0 Å². The third-order valence-corrected chi connectivity index (χ3v) is 2.66. The van der Waals surface area contributed by atoms with Gasteiger partial charge in [-0.3, -0.25) is 4.79 Å². The van der Waals surface area contributed by atoms with Gasteiger partial charge in [0.1, 0.15) is 6.10 Å². The van der Waals surface area contributed by atoms with Crippen LogP contribution < -0.4 is 0 Å². The Morgan fingerprint density at radius 3 is 2.88 bits per heavy atom. The van der Waals surface area contributed by atoms with Gasteiger partial charge < -0.3 is 9.47 Å². The molecule has 6 heteroatoms. The highest BCUT2D eigenvalue weighted by molar-refractivity contribution is 6.29. The SMILES string of the molecule is CC1(C)OCC(C(=O)c2cnc(Cl)c(F)c2)O1. The first-order valence-corrected chi connectivity index (χ1v) is 5.44. The number of pyridine rings is 1. The molecule has 1 saturated heterocycles. The number of carbonyl (C=O) groups is 1. The molecule has 1 aromatic heterocycles. The molecule has 0 aromatic carbocycles. The molecule has 0 bridgehead atoms. The summed E-state index contributed by atoms with van der Waals surface area (Å²) in [6.07, 6.45) is 0.495. The van der Waals surface area contributed by atoms with Gasteiger partial charge in [0, 0.05) is 11.8 Å². The second-order valence-corrected chi connectivity index (χ2v) is 4.54. The number of aromatic nitrogens is 1. The van der Waals surface area contributed by atoms with Crippen LogP contribution >= 0.6 is 11.6 Å². The molecular weight excluding hydrogens is 249 g/mol. The number of ketones is 1. The van der Waals surface area contributed by atoms with Crippen molar-refractivity contribution in [1.82, 2.24) is 4.98 Å². The van der Waals surface area contributed by atoms with E-state index in [0.717, 1.165) is 6.07 Å². The Balaban J connectivity index is 2.18. The quantitative estimate of drug-likeness (QED) is 0.604. The summed E-state index contributed by atoms with van der Waals surface area (Å²) in [5, 5.41) is -0.259. The molecule has 4 nitrogen and oxygen atoms in total. The number of ether oxygens (including phenoxy) is 2. The van der Waals surface area contributed by atoms with E-state index in [4.69, 9.17) is 21.1 Å². The van der Waals surface area contributed by atoms with Crippen LogP contribution in [0.2, 0.25) is 5.15 Å². The third-order valence-electron chi connectivity index (χ3n) is 2.38. The standard InChI is InChI=1S/C11H11ClFNO3/c1-11(2)16-5-8(17-11)9(15)6-3-7(13)10(12)14-4-6/h3-4,8H,5H2,1-2H3. The minimum Gasteiger partial charge on any atom is -0.347 e. The smallest absolute Gasteiger partial charge is 0.195 e. The molecule has 0 N–H and O–H groups in total. The summed E-state index contributed by atoms with van der Waals surface area (Å²) < 4.78 is 23.8. The summed E-state index contributed by atoms with van der Waals surface area (Å²) in [6, 6.07) is 1.05. The number of carbonyl (C=O) groups excluding carboxylic acids is 1. The highest BCUT2D eigenvalue weighted by atomic mass is 35.5. The Morgan fingerprint density at radius 2 is 2.35 bits per heavy atom. The highest BCUT2D eigenvalue weighted by Crippen LogP contribution is 2.25. The number of hydrogen-bond donors (Lipinski definition) is 0. The average Bonchev–Trinajstić information content (AvgIpc) is 2.62. The van der Waals surface area contributed by atoms with Crippen molar-refractivity contribution in [2.24, 2.45) is 0 Å². The summed E-state index contributed by atoms with van der Waals surface area (Å²) in [4.78, 5) is 15.5. The van der Waals surface area contributed by atoms with Crippen LogP contribution in [0.25, 0.3) is 0 Å². The van der Waals surface area contributed by atoms with E-state index in [0.29, 0.717) is 0 Å². The summed E-state index contributed by atoms with van der Waals surface area (Å²) in [5.41, 5.74) is 0.123. The lowest BCUT2D eigenvalue weighted by atomic mass is 10.1. The molecular formula is C11H11ClFNO3. The molecule has 0 aliphatic carbocycles. The molecule has 92 valence electrons. The number of Topliss-reactive ketones (excluding diaryl/α,β-unsaturated/α-hetero) is 1. The first-order valence-electron chi connectivity index (χ1n) is 5.06. The Bertz CT molecular complexity index is 464. The van der Waals surface area contributed by atoms with Gasteiger partial charge in [-0.2, -0.15) is 0 Å². The number of nitrogens with zero attached hydrogens (tertiary/aromatic N) is 1. The predicted molar refractivity (Wildman–Crippen MR) is 58.4 cm³/mol. The lowest BCUT2D eigenvalue weighted by Crippen LogP contribution is -2.27. The zero-order valence-electron chi connectivity index (χ0n) is 9.37. The van der Waals surface area contributed by atoms with Gasteiger partial charge in [0.25, 0.3) is 0 Å². The molecule has 2 rings (SSSR count). The van der Waals surface area contributed by atoms with Crippen molar-refractivity contribution >= 4 is 17.4 Å². The van der Waals surface area contributed by atoms with Gasteiger partial charge in [0.05, 0.1) is 6.61 Å². The molecule has 1 aromatic rings. The van der Waals surface area contributed by atoms with Crippen LogP contribution in [-0.2, 0) is 9.47 Å². The molecule has 0 radical (unpaired) electrons. The van der Waals surface area contributed by atoms with Gasteiger partial charge >= 0.3 is 0 Å². The van der Waals surface area contributed by atoms with E-state index in [-0.39, 0.29) is 23.1 Å². The fourth-order valence-electron chi connectivity index (χ4n) is 1.56. The van der Waals surface area contributed by atoms with Crippen LogP contribution in [0.4, 0.5) is 4.39 Å². The molecule has 0 saturated carbocycles. The topological polar surface area (TPSA) is 48.4 Å². The van der Waals surface area contributed by atoms with Gasteiger partial charge in [-0.05, 0) is 19.9 Å². The van der Waals surface area contributed by atoms with E-state index >= 15 is 0 Å². The zero-order chi connectivity index (χ0) is 12.6. The van der Waals surface area contributed by atoms with Crippen molar-refractivity contribution in [3.8, 4) is 0 Å². The van der Waals surface area contributed by atoms with E-state index in [1.807, 2.05) is 0 Å². The van der Waals surface area contributed by atoms with Crippen molar-refractivity contribution in [3.63, 3.8) is 0 Å². The van der Waals surface area contributed by atoms with Crippen molar-refractivity contribution in [2.45, 2.75) is 25.7 Å². The summed E-state index contributed by atoms with van der Waals surface area (Å²) in [5.74, 6) is -1.88. The van der Waals surface area contributed by atoms with Gasteiger partial charge in [0.2, 0.25) is 0 Å². The van der Waals surface area contributed by atoms with Gasteiger partial charge in [-0.15, -0.1) is 0 Å². The van der Waals surface area contributed by atoms with Gasteiger partial charge in [-0.25, -0.2) is 9.37 Å². The van der Waals surface area contributed by atoms with Crippen LogP contribution in [-0.4, -0.2) is 29.3 Å². The number of hydrogen-bond acceptors (Lipinski definition) is 4. The maximum absolute atomic E-state index is 13.2. The Hall–Kier alpha value is -1.04. The van der Waals surface area contributed by atoms with E-state index in [1.54, 1.807) is 13.8 Å². The van der Waals surface area contributed by atoms with Crippen LogP contribution in [0, 0.1) is 5.82 Å². The van der Waals surface area contributed by atoms with Crippen LogP contribution in [0.15, 0.2) is 12.3 Å². The first kappa shape index (κ1) is 12.4. The second kappa shape index (κ2) is 4.33. The average molecular weight is 260 g/mol. The number of halogens is 2. The van der Waals surface area contributed by atoms with Crippen molar-refractivity contribution < 1.29 is 18.7 Å². The highest BCUT2D eigenvalue weighted by Gasteiger charge is 2.37. The summed E-state index contributed by atoms with van der Waals surface area (Å²) >= 11 is 5.44. The third kappa shape index (κ3) is 2.62. The van der Waals surface area contributed by atoms with Gasteiger partial charge in [-0.1, -0.05) is 11.6 Å². The minimum atomic E-state index is -0.793. The van der Waals surface area contributed by atoms with Crippen LogP contribution in [0.3, 0.4) is 0 Å². The molecule has 0 spiro atoms. The number of rotatable bonds is 2. The van der Waals surface area contributed by atoms with Crippen molar-refractivity contribution in [3.05, 3.63) is 28.8 Å². The fraction of sp³-hybridized carbons (Fsp3) is 0.455. The largest absolute Gasteiger partial charge is 0.347 e. The molecule has 1 fully saturated rings. The summed E-state index contributed by atoms with van der Waals surface area (Å²) in [6.45, 7) is 3.57. The van der Waals surface area contributed by atoms with Crippen LogP contribution in [0.1, 0.15) is 24.2 Å². The lowest BCUT2D eigenvalue weighted by Gasteiger charge is -2.16. The molecule has 1 aliphatic heterocycles. The first-order chi connectivity index (χ1) is 7.89. The second-order valence-electron chi connectivity index (χ2n) is 4.18. The normalized spacial score (nSPS) is 22.7. The lowest BCUT2D eigenvalue weighted by molar-refractivity contribution is -0.133. The Labute approximate surface area is 103 Å². The Kier molecular flexibility index (Phi) is 3.16. The molecule has 0 amide bonds. The fourth-order valence-corrected chi connectivity index (χ4v) is 1.66. The monoisotopic (exact) mass is 259 g/mol. The summed E-state index contributed by atoms with van der Waals surface area (Å²) in [7, 11) is 0. The van der Waals surface area contributed by atoms with E-state index < -0.39 is 17.7 Å². The molecule has 2 heterocycles. The predicted octanol–water partition coefficient (Wildman–Crippen LogP) is 2.21. The maximum Gasteiger partial charge on any atom is 0.195 e. The van der Waals surface area contributed by atoms with E-state index in [1.165, 1.54) is 6.20 Å². The minimum absolute atomic E-state index is 0.123.